The van der Waals surface area contributed by atoms with Crippen molar-refractivity contribution in [2.45, 2.75) is 32.8 Å². The molecule has 1 heterocycles. The summed E-state index contributed by atoms with van der Waals surface area (Å²) < 4.78 is 10.8. The third kappa shape index (κ3) is 1.67. The van der Waals surface area contributed by atoms with E-state index in [-0.39, 0.29) is 6.79 Å². The van der Waals surface area contributed by atoms with Crippen LogP contribution in [0.1, 0.15) is 43.9 Å². The lowest BCUT2D eigenvalue weighted by atomic mass is 9.93. The number of aliphatic hydroxyl groups is 1. The van der Waals surface area contributed by atoms with Gasteiger partial charge in [0.1, 0.15) is 0 Å². The molecule has 0 aliphatic carbocycles. The predicted molar refractivity (Wildman–Crippen MR) is 57.3 cm³/mol. The molecule has 1 N–H and O–H groups in total. The molecule has 1 aromatic rings. The van der Waals surface area contributed by atoms with E-state index in [9.17, 15) is 5.11 Å². The van der Waals surface area contributed by atoms with Gasteiger partial charge in [-0.05, 0) is 24.5 Å². The van der Waals surface area contributed by atoms with Crippen LogP contribution in [0.15, 0.2) is 12.1 Å². The molecular weight excluding hydrogens is 192 g/mol. The Balaban J connectivity index is 2.58. The van der Waals surface area contributed by atoms with Gasteiger partial charge < -0.3 is 14.6 Å². The fraction of sp³-hybridized carbons (Fsp3) is 0.500. The van der Waals surface area contributed by atoms with Crippen LogP contribution in [-0.4, -0.2) is 11.9 Å². The molecule has 0 saturated heterocycles. The molecule has 82 valence electrons. The highest BCUT2D eigenvalue weighted by Crippen LogP contribution is 2.42. The predicted octanol–water partition coefficient (Wildman–Crippen LogP) is 2.59. The summed E-state index contributed by atoms with van der Waals surface area (Å²) in [6.45, 7) is 6.22. The third-order valence-electron chi connectivity index (χ3n) is 2.64. The Morgan fingerprint density at radius 3 is 2.53 bits per heavy atom. The van der Waals surface area contributed by atoms with Crippen LogP contribution < -0.4 is 9.47 Å². The lowest BCUT2D eigenvalue weighted by Crippen LogP contribution is -2.02. The first kappa shape index (κ1) is 10.3. The van der Waals surface area contributed by atoms with Gasteiger partial charge in [-0.1, -0.05) is 19.9 Å². The zero-order chi connectivity index (χ0) is 11.0. The van der Waals surface area contributed by atoms with Crippen LogP contribution in [0.3, 0.4) is 0 Å². The molecule has 1 atom stereocenters. The average molecular weight is 208 g/mol. The van der Waals surface area contributed by atoms with Gasteiger partial charge in [0.15, 0.2) is 11.5 Å². The molecule has 1 aliphatic heterocycles. The van der Waals surface area contributed by atoms with Gasteiger partial charge in [-0.2, -0.15) is 0 Å². The van der Waals surface area contributed by atoms with E-state index >= 15 is 0 Å². The van der Waals surface area contributed by atoms with Gasteiger partial charge in [0, 0.05) is 5.56 Å². The first-order valence-corrected chi connectivity index (χ1v) is 5.21. The molecule has 2 rings (SSSR count). The van der Waals surface area contributed by atoms with Gasteiger partial charge in [-0.3, -0.25) is 0 Å². The maximum Gasteiger partial charge on any atom is 0.231 e. The second-order valence-electron chi connectivity index (χ2n) is 4.13. The summed E-state index contributed by atoms with van der Waals surface area (Å²) in [5.74, 6) is 1.89. The standard InChI is InChI=1S/C12H16O3/c1-7(2)11-9(8(3)13)4-5-10-12(11)15-6-14-10/h4-5,7-8,13H,6H2,1-3H3. The van der Waals surface area contributed by atoms with Gasteiger partial charge in [0.2, 0.25) is 6.79 Å². The Hall–Kier alpha value is -1.22. The highest BCUT2D eigenvalue weighted by atomic mass is 16.7. The SMILES string of the molecule is CC(C)c1c(C(C)O)ccc2c1OCO2. The molecule has 0 amide bonds. The minimum atomic E-state index is -0.475. The van der Waals surface area contributed by atoms with E-state index in [1.54, 1.807) is 6.92 Å². The molecule has 0 radical (unpaired) electrons. The number of benzene rings is 1. The van der Waals surface area contributed by atoms with Gasteiger partial charge >= 0.3 is 0 Å². The second-order valence-corrected chi connectivity index (χ2v) is 4.13. The minimum Gasteiger partial charge on any atom is -0.454 e. The lowest BCUT2D eigenvalue weighted by molar-refractivity contribution is 0.172. The van der Waals surface area contributed by atoms with Gasteiger partial charge in [0.05, 0.1) is 6.10 Å². The zero-order valence-electron chi connectivity index (χ0n) is 9.28. The number of rotatable bonds is 2. The molecule has 0 spiro atoms. The fourth-order valence-electron chi connectivity index (χ4n) is 1.97. The maximum absolute atomic E-state index is 9.69. The van der Waals surface area contributed by atoms with Crippen LogP contribution in [-0.2, 0) is 0 Å². The van der Waals surface area contributed by atoms with Gasteiger partial charge in [0.25, 0.3) is 0 Å². The van der Waals surface area contributed by atoms with Crippen molar-refractivity contribution >= 4 is 0 Å². The molecule has 15 heavy (non-hydrogen) atoms. The van der Waals surface area contributed by atoms with E-state index in [1.165, 1.54) is 0 Å². The van der Waals surface area contributed by atoms with Crippen molar-refractivity contribution in [2.24, 2.45) is 0 Å². The molecule has 0 bridgehead atoms. The van der Waals surface area contributed by atoms with Crippen molar-refractivity contribution in [3.63, 3.8) is 0 Å². The molecular formula is C12H16O3. The maximum atomic E-state index is 9.69. The van der Waals surface area contributed by atoms with E-state index in [2.05, 4.69) is 13.8 Å². The van der Waals surface area contributed by atoms with Crippen LogP contribution in [0.25, 0.3) is 0 Å². The summed E-state index contributed by atoms with van der Waals surface area (Å²) >= 11 is 0. The monoisotopic (exact) mass is 208 g/mol. The number of aliphatic hydroxyl groups excluding tert-OH is 1. The molecule has 3 nitrogen and oxygen atoms in total. The molecule has 1 aliphatic rings. The Kier molecular flexibility index (Phi) is 2.57. The molecule has 1 aromatic carbocycles. The summed E-state index contributed by atoms with van der Waals surface area (Å²) in [7, 11) is 0. The van der Waals surface area contributed by atoms with E-state index in [0.29, 0.717) is 5.92 Å². The van der Waals surface area contributed by atoms with Crippen LogP contribution in [0.4, 0.5) is 0 Å². The summed E-state index contributed by atoms with van der Waals surface area (Å²) in [5, 5.41) is 9.69. The second kappa shape index (κ2) is 3.74. The van der Waals surface area contributed by atoms with E-state index in [1.807, 2.05) is 12.1 Å². The molecule has 0 saturated carbocycles. The van der Waals surface area contributed by atoms with Crippen LogP contribution >= 0.6 is 0 Å². The molecule has 3 heteroatoms. The first-order valence-electron chi connectivity index (χ1n) is 5.21. The van der Waals surface area contributed by atoms with Crippen molar-refractivity contribution in [2.75, 3.05) is 6.79 Å². The smallest absolute Gasteiger partial charge is 0.231 e. The Bertz CT molecular complexity index is 369. The third-order valence-corrected chi connectivity index (χ3v) is 2.64. The van der Waals surface area contributed by atoms with Crippen LogP contribution in [0, 0.1) is 0 Å². The number of ether oxygens (including phenoxy) is 2. The van der Waals surface area contributed by atoms with Crippen molar-refractivity contribution in [1.82, 2.24) is 0 Å². The average Bonchev–Trinajstić information content (AvgIpc) is 2.62. The van der Waals surface area contributed by atoms with E-state index in [4.69, 9.17) is 9.47 Å². The molecule has 0 aromatic heterocycles. The van der Waals surface area contributed by atoms with Crippen molar-refractivity contribution in [3.05, 3.63) is 23.3 Å². The lowest BCUT2D eigenvalue weighted by Gasteiger charge is -2.17. The Morgan fingerprint density at radius 1 is 1.20 bits per heavy atom. The topological polar surface area (TPSA) is 38.7 Å². The van der Waals surface area contributed by atoms with E-state index < -0.39 is 6.10 Å². The molecule has 1 unspecified atom stereocenters. The van der Waals surface area contributed by atoms with Crippen LogP contribution in [0.5, 0.6) is 11.5 Å². The summed E-state index contributed by atoms with van der Waals surface area (Å²) in [4.78, 5) is 0. The van der Waals surface area contributed by atoms with E-state index in [0.717, 1.165) is 22.6 Å². The first-order chi connectivity index (χ1) is 7.11. The quantitative estimate of drug-likeness (QED) is 0.811. The normalized spacial score (nSPS) is 15.8. The minimum absolute atomic E-state index is 0.276. The largest absolute Gasteiger partial charge is 0.454 e. The Labute approximate surface area is 89.6 Å². The summed E-state index contributed by atoms with van der Waals surface area (Å²) in [6, 6.07) is 3.77. The van der Waals surface area contributed by atoms with Crippen LogP contribution in [0.2, 0.25) is 0 Å². The number of hydrogen-bond acceptors (Lipinski definition) is 3. The number of hydrogen-bond donors (Lipinski definition) is 1. The summed E-state index contributed by atoms with van der Waals surface area (Å²) in [6.07, 6.45) is -0.475. The van der Waals surface area contributed by atoms with Gasteiger partial charge in [-0.15, -0.1) is 0 Å². The van der Waals surface area contributed by atoms with Gasteiger partial charge in [-0.25, -0.2) is 0 Å². The van der Waals surface area contributed by atoms with Crippen molar-refractivity contribution in [1.29, 1.82) is 0 Å². The number of fused-ring (bicyclic) bond motifs is 1. The molecule has 0 fully saturated rings. The Morgan fingerprint density at radius 2 is 1.93 bits per heavy atom. The van der Waals surface area contributed by atoms with Crippen molar-refractivity contribution in [3.8, 4) is 11.5 Å². The highest BCUT2D eigenvalue weighted by molar-refractivity contribution is 5.54. The summed E-state index contributed by atoms with van der Waals surface area (Å²) in [5.41, 5.74) is 1.98. The van der Waals surface area contributed by atoms with Crippen molar-refractivity contribution < 1.29 is 14.6 Å². The highest BCUT2D eigenvalue weighted by Gasteiger charge is 2.24. The zero-order valence-corrected chi connectivity index (χ0v) is 9.28. The fourth-order valence-corrected chi connectivity index (χ4v) is 1.97.